The molecule has 3 aliphatic rings. The molecule has 0 saturated heterocycles. The lowest BCUT2D eigenvalue weighted by Crippen LogP contribution is -2.74. The molecule has 0 N–H and O–H groups in total. The van der Waals surface area contributed by atoms with Crippen molar-refractivity contribution < 1.29 is 9.13 Å². The van der Waals surface area contributed by atoms with Crippen molar-refractivity contribution in [3.8, 4) is 22.5 Å². The highest BCUT2D eigenvalue weighted by molar-refractivity contribution is 5.73. The van der Waals surface area contributed by atoms with Crippen molar-refractivity contribution in [1.82, 2.24) is 0 Å². The van der Waals surface area contributed by atoms with Gasteiger partial charge in [-0.2, -0.15) is 0 Å². The van der Waals surface area contributed by atoms with E-state index in [1.807, 2.05) is 0 Å². The zero-order valence-corrected chi connectivity index (χ0v) is 15.6. The van der Waals surface area contributed by atoms with Crippen molar-refractivity contribution in [2.24, 2.45) is 0 Å². The Hall–Kier alpha value is -3.26. The molecule has 2 heteroatoms. The molecule has 0 atom stereocenters. The van der Waals surface area contributed by atoms with Crippen LogP contribution in [0.2, 0.25) is 0 Å². The molecule has 0 amide bonds. The summed E-state index contributed by atoms with van der Waals surface area (Å²) in [4.78, 5) is 0. The lowest BCUT2D eigenvalue weighted by Gasteiger charge is -2.22. The molecule has 3 aliphatic heterocycles. The van der Waals surface area contributed by atoms with Gasteiger partial charge in [-0.1, -0.05) is 24.3 Å². The molecule has 2 aromatic carbocycles. The molecule has 1 spiro atoms. The maximum absolute atomic E-state index is 2.63. The number of fused-ring (bicyclic) bond motifs is 4. The molecular weight excluding hydrogens is 340 g/mol. The van der Waals surface area contributed by atoms with Crippen molar-refractivity contribution >= 4 is 0 Å². The van der Waals surface area contributed by atoms with E-state index in [9.17, 15) is 0 Å². The van der Waals surface area contributed by atoms with Crippen LogP contribution in [0.4, 0.5) is 0 Å². The third-order valence-corrected chi connectivity index (χ3v) is 6.81. The van der Waals surface area contributed by atoms with Gasteiger partial charge in [0.05, 0.1) is 11.1 Å². The molecule has 0 unspecified atom stereocenters. The number of pyridine rings is 2. The zero-order chi connectivity index (χ0) is 18.3. The van der Waals surface area contributed by atoms with Crippen LogP contribution >= 0.6 is 0 Å². The normalized spacial score (nSPS) is 16.4. The van der Waals surface area contributed by atoms with E-state index in [-0.39, 0.29) is 5.66 Å². The minimum absolute atomic E-state index is 0.314. The van der Waals surface area contributed by atoms with Gasteiger partial charge in [0.1, 0.15) is 11.1 Å². The molecule has 28 heavy (non-hydrogen) atoms. The summed E-state index contributed by atoms with van der Waals surface area (Å²) in [6, 6.07) is 31.7. The third kappa shape index (κ3) is 1.50. The van der Waals surface area contributed by atoms with E-state index in [2.05, 4.69) is 94.1 Å². The number of hydrogen-bond donors (Lipinski definition) is 0. The van der Waals surface area contributed by atoms with Crippen LogP contribution in [0.5, 0.6) is 0 Å². The molecule has 0 fully saturated rings. The lowest BCUT2D eigenvalue weighted by molar-refractivity contribution is -0.960. The molecule has 2 aromatic heterocycles. The summed E-state index contributed by atoms with van der Waals surface area (Å²) >= 11 is 0. The van der Waals surface area contributed by atoms with Crippen LogP contribution in [0.1, 0.15) is 28.9 Å². The predicted octanol–water partition coefficient (Wildman–Crippen LogP) is 4.01. The van der Waals surface area contributed by atoms with Crippen molar-refractivity contribution in [1.29, 1.82) is 0 Å². The number of aromatic nitrogens is 2. The van der Waals surface area contributed by atoms with Crippen LogP contribution in [0.3, 0.4) is 0 Å². The van der Waals surface area contributed by atoms with E-state index in [0.29, 0.717) is 0 Å². The molecule has 0 aliphatic carbocycles. The molecule has 5 heterocycles. The first kappa shape index (κ1) is 14.8. The summed E-state index contributed by atoms with van der Waals surface area (Å²) in [6.45, 7) is 0. The first-order valence-corrected chi connectivity index (χ1v) is 10.2. The van der Waals surface area contributed by atoms with Crippen molar-refractivity contribution in [3.63, 3.8) is 0 Å². The van der Waals surface area contributed by atoms with Gasteiger partial charge in [0.25, 0.3) is 0 Å². The maximum Gasteiger partial charge on any atom is 0.417 e. The van der Waals surface area contributed by atoms with Crippen molar-refractivity contribution in [2.45, 2.75) is 24.9 Å². The Morgan fingerprint density at radius 2 is 1.04 bits per heavy atom. The Morgan fingerprint density at radius 1 is 0.536 bits per heavy atom. The van der Waals surface area contributed by atoms with Crippen LogP contribution in [-0.4, -0.2) is 0 Å². The monoisotopic (exact) mass is 360 g/mol. The van der Waals surface area contributed by atoms with Crippen molar-refractivity contribution in [2.75, 3.05) is 0 Å². The summed E-state index contributed by atoms with van der Waals surface area (Å²) in [6.07, 6.45) is 3.39. The van der Waals surface area contributed by atoms with Gasteiger partial charge in [-0.25, -0.2) is 0 Å². The van der Waals surface area contributed by atoms with E-state index in [4.69, 9.17) is 0 Å². The second-order valence-corrected chi connectivity index (χ2v) is 8.09. The number of rotatable bonds is 0. The Labute approximate surface area is 164 Å². The lowest BCUT2D eigenvalue weighted by atomic mass is 9.89. The second-order valence-electron chi connectivity index (χ2n) is 8.09. The Bertz CT molecular complexity index is 1200. The molecule has 7 rings (SSSR count). The smallest absolute Gasteiger partial charge is 0.123 e. The highest BCUT2D eigenvalue weighted by Gasteiger charge is 2.68. The number of aryl methyl sites for hydroxylation is 2. The largest absolute Gasteiger partial charge is 0.417 e. The predicted molar refractivity (Wildman–Crippen MR) is 108 cm³/mol. The molecule has 2 nitrogen and oxygen atoms in total. The van der Waals surface area contributed by atoms with Gasteiger partial charge < -0.3 is 0 Å². The number of hydrogen-bond acceptors (Lipinski definition) is 0. The first-order chi connectivity index (χ1) is 13.9. The fourth-order valence-corrected chi connectivity index (χ4v) is 5.88. The number of nitrogens with zero attached hydrogens (tertiary/aromatic N) is 2. The summed E-state index contributed by atoms with van der Waals surface area (Å²) < 4.78 is 5.27. The number of benzene rings is 2. The van der Waals surface area contributed by atoms with Gasteiger partial charge in [-0.15, -0.1) is 9.13 Å². The third-order valence-electron chi connectivity index (χ3n) is 6.81. The summed E-state index contributed by atoms with van der Waals surface area (Å²) in [5.74, 6) is 0. The maximum atomic E-state index is 2.63. The Balaban J connectivity index is 1.79. The minimum atomic E-state index is -0.314. The summed E-state index contributed by atoms with van der Waals surface area (Å²) in [5, 5.41) is 0. The van der Waals surface area contributed by atoms with Crippen LogP contribution in [0.25, 0.3) is 22.5 Å². The highest BCUT2D eigenvalue weighted by Crippen LogP contribution is 2.47. The topological polar surface area (TPSA) is 7.76 Å². The van der Waals surface area contributed by atoms with Gasteiger partial charge in [0.15, 0.2) is 11.4 Å². The van der Waals surface area contributed by atoms with Gasteiger partial charge >= 0.3 is 5.66 Å². The first-order valence-electron chi connectivity index (χ1n) is 10.2. The van der Waals surface area contributed by atoms with Crippen LogP contribution < -0.4 is 9.13 Å². The average molecular weight is 360 g/mol. The van der Waals surface area contributed by atoms with Gasteiger partial charge in [0, 0.05) is 37.1 Å². The average Bonchev–Trinajstić information content (AvgIpc) is 3.21. The minimum Gasteiger partial charge on any atom is -0.123 e. The highest BCUT2D eigenvalue weighted by atomic mass is 15.3. The fourth-order valence-electron chi connectivity index (χ4n) is 5.88. The van der Waals surface area contributed by atoms with E-state index >= 15 is 0 Å². The van der Waals surface area contributed by atoms with Gasteiger partial charge in [-0.05, 0) is 42.8 Å². The van der Waals surface area contributed by atoms with Gasteiger partial charge in [0.2, 0.25) is 11.4 Å². The van der Waals surface area contributed by atoms with Crippen LogP contribution in [-0.2, 0) is 18.5 Å². The second kappa shape index (κ2) is 4.96. The Morgan fingerprint density at radius 3 is 1.57 bits per heavy atom. The van der Waals surface area contributed by atoms with Crippen LogP contribution in [0, 0.1) is 0 Å². The zero-order valence-electron chi connectivity index (χ0n) is 15.6. The van der Waals surface area contributed by atoms with Gasteiger partial charge in [-0.3, -0.25) is 0 Å². The summed E-state index contributed by atoms with van der Waals surface area (Å²) in [5.41, 5.74) is 10.7. The van der Waals surface area contributed by atoms with Crippen molar-refractivity contribution in [3.05, 3.63) is 107 Å². The molecule has 0 radical (unpaired) electrons. The molecule has 132 valence electrons. The summed E-state index contributed by atoms with van der Waals surface area (Å²) in [7, 11) is 0. The van der Waals surface area contributed by atoms with E-state index in [0.717, 1.165) is 12.8 Å². The van der Waals surface area contributed by atoms with E-state index in [1.165, 1.54) is 51.5 Å². The fraction of sp³-hybridized carbons (Fsp3) is 0.154. The molecule has 0 bridgehead atoms. The molecular formula is C26H20N2+2. The van der Waals surface area contributed by atoms with E-state index < -0.39 is 0 Å². The standard InChI is InChI=1S/C26H20N2/c1-3-14-22-20(12-1)24-16-6-10-18-8-5-9-19-11-7-17-25-21-13-2-4-15-23(21)26(22,27(18)24)28(19)25/h1-4,6-7,10-17H,5,8-9H2/q+2. The SMILES string of the molecule is c1ccc2c(c1)-c1cccc3[n+]1C21c2ccccc2-c2cccc([n+]21)CCC3. The molecule has 4 aromatic rings. The quantitative estimate of drug-likeness (QED) is 0.362. The molecule has 0 saturated carbocycles. The van der Waals surface area contributed by atoms with Crippen LogP contribution in [0.15, 0.2) is 84.9 Å². The van der Waals surface area contributed by atoms with E-state index in [1.54, 1.807) is 0 Å². The Kier molecular flexibility index (Phi) is 2.61.